The van der Waals surface area contributed by atoms with E-state index in [0.717, 1.165) is 11.4 Å². The fraction of sp³-hybridized carbons (Fsp3) is 0. The number of rotatable bonds is 5. The predicted molar refractivity (Wildman–Crippen MR) is 211 cm³/mol. The molecule has 0 aliphatic rings. The fourth-order valence-corrected chi connectivity index (χ4v) is 7.73. The van der Waals surface area contributed by atoms with Crippen LogP contribution < -0.4 is 0 Å². The van der Waals surface area contributed by atoms with E-state index >= 15 is 0 Å². The Labute approximate surface area is 290 Å². The van der Waals surface area contributed by atoms with Crippen LogP contribution in [0.2, 0.25) is 0 Å². The first kappa shape index (κ1) is 28.4. The van der Waals surface area contributed by atoms with Crippen LogP contribution in [0.15, 0.2) is 194 Å². The monoisotopic (exact) mass is 636 g/mol. The molecule has 0 amide bonds. The highest BCUT2D eigenvalue weighted by Crippen LogP contribution is 2.38. The largest absolute Gasteiger partial charge is 0.309 e. The lowest BCUT2D eigenvalue weighted by Gasteiger charge is -2.11. The van der Waals surface area contributed by atoms with Crippen LogP contribution in [0.5, 0.6) is 0 Å². The highest BCUT2D eigenvalue weighted by molar-refractivity contribution is 6.12. The van der Waals surface area contributed by atoms with Gasteiger partial charge in [0.15, 0.2) is 0 Å². The Bertz CT molecular complexity index is 2770. The van der Waals surface area contributed by atoms with Crippen molar-refractivity contribution in [2.75, 3.05) is 0 Å². The standard InChI is InChI=1S/C48H32N2/c1-3-11-33(12-4-1)35-19-25-40(26-20-35)50-47-29-23-37(34-13-5-2-6-14-34)31-43(47)44-32-38(24-30-48(44)50)36-21-27-39(28-22-36)49-45-17-9-7-15-41(45)42-16-8-10-18-46(42)49/h1-32H. The summed E-state index contributed by atoms with van der Waals surface area (Å²) >= 11 is 0. The molecule has 10 rings (SSSR count). The van der Waals surface area contributed by atoms with Gasteiger partial charge >= 0.3 is 0 Å². The van der Waals surface area contributed by atoms with Crippen LogP contribution in [0, 0.1) is 0 Å². The first-order valence-electron chi connectivity index (χ1n) is 17.2. The Kier molecular flexibility index (Phi) is 6.53. The van der Waals surface area contributed by atoms with E-state index in [-0.39, 0.29) is 0 Å². The van der Waals surface area contributed by atoms with Gasteiger partial charge in [0.25, 0.3) is 0 Å². The lowest BCUT2D eigenvalue weighted by Crippen LogP contribution is -1.94. The molecule has 0 aliphatic carbocycles. The van der Waals surface area contributed by atoms with Crippen molar-refractivity contribution in [1.82, 2.24) is 9.13 Å². The van der Waals surface area contributed by atoms with Gasteiger partial charge in [0.1, 0.15) is 0 Å². The Balaban J connectivity index is 1.11. The summed E-state index contributed by atoms with van der Waals surface area (Å²) in [5, 5.41) is 5.04. The second kappa shape index (κ2) is 11.5. The van der Waals surface area contributed by atoms with Gasteiger partial charge in [-0.3, -0.25) is 0 Å². The molecule has 0 saturated carbocycles. The predicted octanol–water partition coefficient (Wildman–Crippen LogP) is 12.9. The number of benzene rings is 8. The Hall–Kier alpha value is -6.64. The van der Waals surface area contributed by atoms with E-state index in [1.165, 1.54) is 77.0 Å². The minimum Gasteiger partial charge on any atom is -0.309 e. The number of nitrogens with zero attached hydrogens (tertiary/aromatic N) is 2. The highest BCUT2D eigenvalue weighted by Gasteiger charge is 2.16. The van der Waals surface area contributed by atoms with E-state index in [1.807, 2.05) is 0 Å². The van der Waals surface area contributed by atoms with E-state index in [9.17, 15) is 0 Å². The first-order valence-corrected chi connectivity index (χ1v) is 17.2. The van der Waals surface area contributed by atoms with E-state index < -0.39 is 0 Å². The van der Waals surface area contributed by atoms with E-state index in [4.69, 9.17) is 0 Å². The smallest absolute Gasteiger partial charge is 0.0541 e. The average Bonchev–Trinajstić information content (AvgIpc) is 3.71. The molecular weight excluding hydrogens is 605 g/mol. The van der Waals surface area contributed by atoms with Gasteiger partial charge in [-0.1, -0.05) is 133 Å². The molecule has 0 spiro atoms. The second-order valence-electron chi connectivity index (χ2n) is 13.0. The Morgan fingerprint density at radius 1 is 0.220 bits per heavy atom. The summed E-state index contributed by atoms with van der Waals surface area (Å²) in [6.07, 6.45) is 0. The van der Waals surface area contributed by atoms with Crippen LogP contribution >= 0.6 is 0 Å². The van der Waals surface area contributed by atoms with Crippen molar-refractivity contribution < 1.29 is 0 Å². The third-order valence-electron chi connectivity index (χ3n) is 10.1. The van der Waals surface area contributed by atoms with Crippen molar-refractivity contribution in [2.24, 2.45) is 0 Å². The number of hydrogen-bond acceptors (Lipinski definition) is 0. The molecule has 234 valence electrons. The molecule has 2 heterocycles. The summed E-state index contributed by atoms with van der Waals surface area (Å²) in [5.41, 5.74) is 14.4. The van der Waals surface area contributed by atoms with E-state index in [1.54, 1.807) is 0 Å². The zero-order chi connectivity index (χ0) is 33.0. The number of para-hydroxylation sites is 2. The van der Waals surface area contributed by atoms with Crippen molar-refractivity contribution in [3.05, 3.63) is 194 Å². The molecule has 0 radical (unpaired) electrons. The zero-order valence-corrected chi connectivity index (χ0v) is 27.4. The first-order chi connectivity index (χ1) is 24.8. The number of hydrogen-bond donors (Lipinski definition) is 0. The number of aromatic nitrogens is 2. The van der Waals surface area contributed by atoms with Crippen molar-refractivity contribution in [3.8, 4) is 44.8 Å². The van der Waals surface area contributed by atoms with Gasteiger partial charge in [0.2, 0.25) is 0 Å². The van der Waals surface area contributed by atoms with Crippen LogP contribution in [0.3, 0.4) is 0 Å². The van der Waals surface area contributed by atoms with Crippen LogP contribution in [0.1, 0.15) is 0 Å². The summed E-state index contributed by atoms with van der Waals surface area (Å²) in [7, 11) is 0. The molecule has 0 fully saturated rings. The lowest BCUT2D eigenvalue weighted by molar-refractivity contribution is 1.18. The normalized spacial score (nSPS) is 11.6. The molecule has 8 aromatic carbocycles. The molecule has 2 nitrogen and oxygen atoms in total. The highest BCUT2D eigenvalue weighted by atomic mass is 15.0. The molecule has 0 atom stereocenters. The minimum atomic E-state index is 1.15. The van der Waals surface area contributed by atoms with Crippen LogP contribution in [-0.2, 0) is 0 Å². The molecule has 0 aliphatic heterocycles. The molecular formula is C48H32N2. The van der Waals surface area contributed by atoms with E-state index in [2.05, 4.69) is 203 Å². The minimum absolute atomic E-state index is 1.15. The molecule has 0 unspecified atom stereocenters. The molecule has 0 bridgehead atoms. The van der Waals surface area contributed by atoms with Gasteiger partial charge in [-0.2, -0.15) is 0 Å². The lowest BCUT2D eigenvalue weighted by atomic mass is 10.00. The van der Waals surface area contributed by atoms with Gasteiger partial charge in [-0.15, -0.1) is 0 Å². The van der Waals surface area contributed by atoms with Crippen LogP contribution in [0.25, 0.3) is 88.4 Å². The molecule has 10 aromatic rings. The Morgan fingerprint density at radius 2 is 0.540 bits per heavy atom. The van der Waals surface area contributed by atoms with Gasteiger partial charge in [-0.25, -0.2) is 0 Å². The Morgan fingerprint density at radius 3 is 1.00 bits per heavy atom. The third kappa shape index (κ3) is 4.57. The maximum Gasteiger partial charge on any atom is 0.0541 e. The summed E-state index contributed by atoms with van der Waals surface area (Å²) in [6, 6.07) is 70.4. The second-order valence-corrected chi connectivity index (χ2v) is 13.0. The summed E-state index contributed by atoms with van der Waals surface area (Å²) in [5.74, 6) is 0. The average molecular weight is 637 g/mol. The maximum atomic E-state index is 2.41. The molecule has 0 saturated heterocycles. The quantitative estimate of drug-likeness (QED) is 0.178. The zero-order valence-electron chi connectivity index (χ0n) is 27.4. The van der Waals surface area contributed by atoms with E-state index in [0.29, 0.717) is 0 Å². The molecule has 2 aromatic heterocycles. The van der Waals surface area contributed by atoms with Crippen molar-refractivity contribution >= 4 is 43.6 Å². The SMILES string of the molecule is c1ccc(-c2ccc(-n3c4ccc(-c5ccccc5)cc4c4cc(-c5ccc(-n6c7ccccc7c7ccccc76)cc5)ccc43)cc2)cc1. The van der Waals surface area contributed by atoms with Crippen molar-refractivity contribution in [1.29, 1.82) is 0 Å². The molecule has 50 heavy (non-hydrogen) atoms. The maximum absolute atomic E-state index is 2.41. The van der Waals surface area contributed by atoms with Gasteiger partial charge in [0.05, 0.1) is 22.1 Å². The van der Waals surface area contributed by atoms with Gasteiger partial charge in [-0.05, 0) is 94.0 Å². The number of fused-ring (bicyclic) bond motifs is 6. The van der Waals surface area contributed by atoms with Crippen LogP contribution in [-0.4, -0.2) is 9.13 Å². The summed E-state index contributed by atoms with van der Waals surface area (Å²) in [6.45, 7) is 0. The van der Waals surface area contributed by atoms with Gasteiger partial charge < -0.3 is 9.13 Å². The fourth-order valence-electron chi connectivity index (χ4n) is 7.73. The molecule has 2 heteroatoms. The van der Waals surface area contributed by atoms with Gasteiger partial charge in [0, 0.05) is 32.9 Å². The molecule has 0 N–H and O–H groups in total. The topological polar surface area (TPSA) is 9.86 Å². The summed E-state index contributed by atoms with van der Waals surface area (Å²) < 4.78 is 4.78. The third-order valence-corrected chi connectivity index (χ3v) is 10.1. The summed E-state index contributed by atoms with van der Waals surface area (Å²) in [4.78, 5) is 0. The van der Waals surface area contributed by atoms with Crippen LogP contribution in [0.4, 0.5) is 0 Å². The van der Waals surface area contributed by atoms with Crippen molar-refractivity contribution in [2.45, 2.75) is 0 Å². The van der Waals surface area contributed by atoms with Crippen molar-refractivity contribution in [3.63, 3.8) is 0 Å².